The fraction of sp³-hybridized carbons (Fsp3) is 0.611. The standard InChI is InChI=1S/C18H27FN6/c1-5-23-10-12-24(13-11-23)16(14-8-6-7-9-15(14)19)17-20-21-22-25(17)18(2,3)4/h6-9,16H,5,10-13H2,1-4H3/t16-/m0/s1. The monoisotopic (exact) mass is 346 g/mol. The molecule has 2 aromatic rings. The summed E-state index contributed by atoms with van der Waals surface area (Å²) < 4.78 is 16.5. The summed E-state index contributed by atoms with van der Waals surface area (Å²) in [6, 6.07) is 6.66. The number of hydrogen-bond acceptors (Lipinski definition) is 5. The van der Waals surface area contributed by atoms with Gasteiger partial charge < -0.3 is 4.90 Å². The second-order valence-corrected chi connectivity index (χ2v) is 7.51. The number of likely N-dealkylation sites (N-methyl/N-ethyl adjacent to an activating group) is 1. The lowest BCUT2D eigenvalue weighted by Crippen LogP contribution is -2.48. The molecule has 7 heteroatoms. The van der Waals surface area contributed by atoms with Crippen molar-refractivity contribution < 1.29 is 4.39 Å². The van der Waals surface area contributed by atoms with Crippen molar-refractivity contribution in [1.82, 2.24) is 30.0 Å². The molecular weight excluding hydrogens is 319 g/mol. The number of halogens is 1. The Hall–Kier alpha value is -1.86. The first-order valence-electron chi connectivity index (χ1n) is 8.91. The molecular formula is C18H27FN6. The zero-order chi connectivity index (χ0) is 18.0. The van der Waals surface area contributed by atoms with Crippen molar-refractivity contribution in [2.24, 2.45) is 0 Å². The smallest absolute Gasteiger partial charge is 0.173 e. The molecule has 1 fully saturated rings. The molecule has 1 aromatic heterocycles. The van der Waals surface area contributed by atoms with E-state index >= 15 is 0 Å². The van der Waals surface area contributed by atoms with E-state index in [-0.39, 0.29) is 17.4 Å². The van der Waals surface area contributed by atoms with Crippen LogP contribution in [0.15, 0.2) is 24.3 Å². The highest BCUT2D eigenvalue weighted by molar-refractivity contribution is 5.27. The van der Waals surface area contributed by atoms with Crippen molar-refractivity contribution in [3.05, 3.63) is 41.5 Å². The van der Waals surface area contributed by atoms with Gasteiger partial charge in [0.25, 0.3) is 0 Å². The molecule has 0 saturated carbocycles. The van der Waals surface area contributed by atoms with Gasteiger partial charge in [-0.25, -0.2) is 9.07 Å². The van der Waals surface area contributed by atoms with Gasteiger partial charge in [0.1, 0.15) is 11.9 Å². The quantitative estimate of drug-likeness (QED) is 0.850. The lowest BCUT2D eigenvalue weighted by atomic mass is 10.0. The molecule has 1 saturated heterocycles. The summed E-state index contributed by atoms with van der Waals surface area (Å²) >= 11 is 0. The molecule has 1 aliphatic rings. The summed E-state index contributed by atoms with van der Waals surface area (Å²) in [7, 11) is 0. The summed E-state index contributed by atoms with van der Waals surface area (Å²) in [5, 5.41) is 12.4. The molecule has 0 unspecified atom stereocenters. The van der Waals surface area contributed by atoms with Crippen molar-refractivity contribution in [2.75, 3.05) is 32.7 Å². The number of benzene rings is 1. The summed E-state index contributed by atoms with van der Waals surface area (Å²) in [5.41, 5.74) is 0.362. The van der Waals surface area contributed by atoms with Gasteiger partial charge in [0.15, 0.2) is 5.82 Å². The van der Waals surface area contributed by atoms with E-state index in [1.54, 1.807) is 6.07 Å². The van der Waals surface area contributed by atoms with Gasteiger partial charge in [0.2, 0.25) is 0 Å². The number of rotatable bonds is 4. The van der Waals surface area contributed by atoms with Gasteiger partial charge in [-0.1, -0.05) is 25.1 Å². The highest BCUT2D eigenvalue weighted by Crippen LogP contribution is 2.31. The van der Waals surface area contributed by atoms with Crippen LogP contribution in [0.5, 0.6) is 0 Å². The summed E-state index contributed by atoms with van der Waals surface area (Å²) in [6.45, 7) is 13.0. The molecule has 0 N–H and O–H groups in total. The van der Waals surface area contributed by atoms with Gasteiger partial charge in [0.05, 0.1) is 5.54 Å². The Morgan fingerprint density at radius 1 is 1.12 bits per heavy atom. The molecule has 136 valence electrons. The van der Waals surface area contributed by atoms with Crippen LogP contribution in [0.3, 0.4) is 0 Å². The molecule has 3 rings (SSSR count). The third-order valence-electron chi connectivity index (χ3n) is 4.79. The fourth-order valence-corrected chi connectivity index (χ4v) is 3.38. The maximum Gasteiger partial charge on any atom is 0.173 e. The van der Waals surface area contributed by atoms with Gasteiger partial charge in [-0.05, 0) is 43.8 Å². The number of piperazine rings is 1. The molecule has 0 aliphatic carbocycles. The van der Waals surface area contributed by atoms with Crippen molar-refractivity contribution in [2.45, 2.75) is 39.3 Å². The van der Waals surface area contributed by atoms with Crippen LogP contribution in [0.4, 0.5) is 4.39 Å². The largest absolute Gasteiger partial charge is 0.301 e. The van der Waals surface area contributed by atoms with E-state index in [2.05, 4.69) is 53.0 Å². The van der Waals surface area contributed by atoms with Crippen molar-refractivity contribution in [3.63, 3.8) is 0 Å². The van der Waals surface area contributed by atoms with E-state index in [0.29, 0.717) is 11.4 Å². The summed E-state index contributed by atoms with van der Waals surface area (Å²) in [5.74, 6) is 0.483. The third kappa shape index (κ3) is 3.72. The van der Waals surface area contributed by atoms with E-state index in [9.17, 15) is 4.39 Å². The average Bonchev–Trinajstić information content (AvgIpc) is 3.07. The average molecular weight is 346 g/mol. The molecule has 2 heterocycles. The lowest BCUT2D eigenvalue weighted by Gasteiger charge is -2.39. The molecule has 0 bridgehead atoms. The number of nitrogens with zero attached hydrogens (tertiary/aromatic N) is 6. The van der Waals surface area contributed by atoms with Crippen LogP contribution in [-0.4, -0.2) is 62.7 Å². The molecule has 0 amide bonds. The van der Waals surface area contributed by atoms with Gasteiger partial charge in [-0.2, -0.15) is 0 Å². The van der Waals surface area contributed by atoms with Crippen LogP contribution in [0.1, 0.15) is 45.1 Å². The topological polar surface area (TPSA) is 50.1 Å². The number of aromatic nitrogens is 4. The second kappa shape index (κ2) is 7.17. The van der Waals surface area contributed by atoms with Gasteiger partial charge in [-0.3, -0.25) is 4.90 Å². The van der Waals surface area contributed by atoms with Crippen LogP contribution in [-0.2, 0) is 5.54 Å². The van der Waals surface area contributed by atoms with E-state index in [0.717, 1.165) is 32.7 Å². The Kier molecular flexibility index (Phi) is 5.15. The van der Waals surface area contributed by atoms with E-state index < -0.39 is 0 Å². The van der Waals surface area contributed by atoms with Crippen LogP contribution in [0.2, 0.25) is 0 Å². The van der Waals surface area contributed by atoms with Crippen LogP contribution >= 0.6 is 0 Å². The first kappa shape index (κ1) is 17.9. The van der Waals surface area contributed by atoms with E-state index in [1.165, 1.54) is 6.07 Å². The zero-order valence-electron chi connectivity index (χ0n) is 15.5. The Bertz CT molecular complexity index is 700. The molecule has 25 heavy (non-hydrogen) atoms. The first-order valence-corrected chi connectivity index (χ1v) is 8.91. The lowest BCUT2D eigenvalue weighted by molar-refractivity contribution is 0.104. The van der Waals surface area contributed by atoms with E-state index in [1.807, 2.05) is 16.8 Å². The summed E-state index contributed by atoms with van der Waals surface area (Å²) in [4.78, 5) is 4.69. The Morgan fingerprint density at radius 2 is 1.80 bits per heavy atom. The van der Waals surface area contributed by atoms with Gasteiger partial charge >= 0.3 is 0 Å². The molecule has 6 nitrogen and oxygen atoms in total. The van der Waals surface area contributed by atoms with E-state index in [4.69, 9.17) is 0 Å². The van der Waals surface area contributed by atoms with Crippen LogP contribution in [0.25, 0.3) is 0 Å². The SMILES string of the molecule is CCN1CCN([C@@H](c2ccccc2F)c2nnnn2C(C)(C)C)CC1. The first-order chi connectivity index (χ1) is 11.9. The van der Waals surface area contributed by atoms with Crippen molar-refractivity contribution >= 4 is 0 Å². The molecule has 0 radical (unpaired) electrons. The maximum absolute atomic E-state index is 14.6. The molecule has 1 aromatic carbocycles. The van der Waals surface area contributed by atoms with Crippen LogP contribution in [0, 0.1) is 5.82 Å². The Balaban J connectivity index is 2.02. The third-order valence-corrected chi connectivity index (χ3v) is 4.79. The molecule has 0 spiro atoms. The predicted molar refractivity (Wildman–Crippen MR) is 94.7 cm³/mol. The minimum absolute atomic E-state index is 0.214. The Morgan fingerprint density at radius 3 is 2.40 bits per heavy atom. The highest BCUT2D eigenvalue weighted by atomic mass is 19.1. The predicted octanol–water partition coefficient (Wildman–Crippen LogP) is 2.29. The van der Waals surface area contributed by atoms with Crippen LogP contribution < -0.4 is 0 Å². The summed E-state index contributed by atoms with van der Waals surface area (Å²) in [6.07, 6.45) is 0. The minimum Gasteiger partial charge on any atom is -0.301 e. The molecule has 1 atom stereocenters. The normalized spacial score (nSPS) is 18.4. The highest BCUT2D eigenvalue weighted by Gasteiger charge is 2.34. The minimum atomic E-state index is -0.283. The van der Waals surface area contributed by atoms with Gasteiger partial charge in [0, 0.05) is 31.7 Å². The number of hydrogen-bond donors (Lipinski definition) is 0. The fourth-order valence-electron chi connectivity index (χ4n) is 3.38. The second-order valence-electron chi connectivity index (χ2n) is 7.51. The van der Waals surface area contributed by atoms with Crippen molar-refractivity contribution in [1.29, 1.82) is 0 Å². The van der Waals surface area contributed by atoms with Gasteiger partial charge in [-0.15, -0.1) is 5.10 Å². The van der Waals surface area contributed by atoms with Crippen molar-refractivity contribution in [3.8, 4) is 0 Å². The maximum atomic E-state index is 14.6. The number of tetrazole rings is 1. The Labute approximate surface area is 148 Å². The molecule has 1 aliphatic heterocycles. The zero-order valence-corrected chi connectivity index (χ0v) is 15.5.